The molecule has 2 rings (SSSR count). The molecule has 1 fully saturated rings. The monoisotopic (exact) mass is 340 g/mol. The summed E-state index contributed by atoms with van der Waals surface area (Å²) in [5, 5.41) is 8.73. The van der Waals surface area contributed by atoms with Crippen molar-refractivity contribution >= 4 is 11.8 Å². The molecule has 3 atom stereocenters. The van der Waals surface area contributed by atoms with Crippen molar-refractivity contribution < 1.29 is 19.5 Å². The summed E-state index contributed by atoms with van der Waals surface area (Å²) < 4.78 is 12.3. The van der Waals surface area contributed by atoms with Gasteiger partial charge >= 0.3 is 11.7 Å². The van der Waals surface area contributed by atoms with Crippen molar-refractivity contribution in [1.82, 2.24) is 9.55 Å². The smallest absolute Gasteiger partial charge is 0.351 e. The van der Waals surface area contributed by atoms with Gasteiger partial charge in [0.25, 0.3) is 0 Å². The zero-order valence-corrected chi connectivity index (χ0v) is 13.8. The van der Waals surface area contributed by atoms with E-state index in [4.69, 9.17) is 20.4 Å². The third kappa shape index (κ3) is 4.76. The lowest BCUT2D eigenvalue weighted by Gasteiger charge is -2.17. The zero-order chi connectivity index (χ0) is 17.7. The number of aromatic nitrogens is 2. The first-order chi connectivity index (χ1) is 11.4. The predicted octanol–water partition coefficient (Wildman–Crippen LogP) is 0.639. The molecule has 1 saturated heterocycles. The van der Waals surface area contributed by atoms with Gasteiger partial charge in [0.1, 0.15) is 18.9 Å². The molecule has 1 aliphatic rings. The van der Waals surface area contributed by atoms with Crippen molar-refractivity contribution in [3.8, 4) is 0 Å². The highest BCUT2D eigenvalue weighted by Crippen LogP contribution is 2.27. The van der Waals surface area contributed by atoms with E-state index in [1.165, 1.54) is 16.8 Å². The van der Waals surface area contributed by atoms with Gasteiger partial charge in [-0.15, -0.1) is 0 Å². The number of rotatable bonds is 7. The van der Waals surface area contributed by atoms with Gasteiger partial charge in [-0.1, -0.05) is 13.8 Å². The largest absolute Gasteiger partial charge is 0.462 e. The summed E-state index contributed by atoms with van der Waals surface area (Å²) in [5.74, 6) is -0.0535. The maximum absolute atomic E-state index is 11.9. The van der Waals surface area contributed by atoms with E-state index >= 15 is 0 Å². The molecular formula is C15H24N4O5. The van der Waals surface area contributed by atoms with Gasteiger partial charge in [0.15, 0.2) is 5.82 Å². The Labute approximate surface area is 139 Å². The van der Waals surface area contributed by atoms with Crippen molar-refractivity contribution in [1.29, 1.82) is 0 Å². The Bertz CT molecular complexity index is 618. The minimum atomic E-state index is -0.632. The van der Waals surface area contributed by atoms with Crippen LogP contribution >= 0.6 is 0 Å². The number of hydrogen-bond acceptors (Lipinski definition) is 8. The number of ether oxygens (including phenoxy) is 2. The molecule has 3 unspecified atom stereocenters. The predicted molar refractivity (Wildman–Crippen MR) is 85.4 cm³/mol. The molecule has 134 valence electrons. The van der Waals surface area contributed by atoms with Crippen LogP contribution in [0.2, 0.25) is 0 Å². The second-order valence-corrected chi connectivity index (χ2v) is 6.27. The molecule has 0 bridgehead atoms. The van der Waals surface area contributed by atoms with Crippen molar-refractivity contribution in [2.75, 3.05) is 12.1 Å². The van der Waals surface area contributed by atoms with Crippen LogP contribution in [0.15, 0.2) is 17.1 Å². The van der Waals surface area contributed by atoms with Crippen molar-refractivity contribution in [3.63, 3.8) is 0 Å². The highest BCUT2D eigenvalue weighted by molar-refractivity contribution is 5.75. The summed E-state index contributed by atoms with van der Waals surface area (Å²) in [7, 11) is 0. The quantitative estimate of drug-likeness (QED) is 0.487. The van der Waals surface area contributed by atoms with Gasteiger partial charge in [-0.25, -0.2) is 4.79 Å². The topological polar surface area (TPSA) is 129 Å². The number of nitrogens with one attached hydrogen (secondary N) is 1. The summed E-state index contributed by atoms with van der Waals surface area (Å²) in [4.78, 5) is 27.3. The van der Waals surface area contributed by atoms with E-state index in [9.17, 15) is 9.59 Å². The second-order valence-electron chi connectivity index (χ2n) is 6.27. The lowest BCUT2D eigenvalue weighted by atomic mass is 10.1. The molecule has 9 nitrogen and oxygen atoms in total. The molecule has 0 saturated carbocycles. The third-order valence-electron chi connectivity index (χ3n) is 3.78. The van der Waals surface area contributed by atoms with E-state index in [1.807, 2.05) is 19.3 Å². The molecule has 1 aromatic rings. The molecular weight excluding hydrogens is 316 g/mol. The maximum atomic E-state index is 11.9. The van der Waals surface area contributed by atoms with Crippen LogP contribution in [0.1, 0.15) is 39.3 Å². The number of nitrogens with zero attached hydrogens (tertiary/aromatic N) is 2. The maximum Gasteiger partial charge on any atom is 0.351 e. The van der Waals surface area contributed by atoms with E-state index in [-0.39, 0.29) is 18.5 Å². The lowest BCUT2D eigenvalue weighted by Crippen LogP contribution is -2.35. The number of nitrogens with two attached hydrogens (primary N) is 1. The minimum Gasteiger partial charge on any atom is -0.462 e. The Morgan fingerprint density at radius 2 is 2.33 bits per heavy atom. The second kappa shape index (κ2) is 8.22. The van der Waals surface area contributed by atoms with Crippen LogP contribution in [0.5, 0.6) is 0 Å². The minimum absolute atomic E-state index is 0.0684. The molecule has 4 N–H and O–H groups in total. The Morgan fingerprint density at radius 3 is 2.96 bits per heavy atom. The molecule has 0 spiro atoms. The first-order valence-electron chi connectivity index (χ1n) is 7.97. The molecule has 0 radical (unpaired) electrons. The summed E-state index contributed by atoms with van der Waals surface area (Å²) in [5.41, 5.74) is 7.06. The zero-order valence-electron chi connectivity index (χ0n) is 13.8. The van der Waals surface area contributed by atoms with Crippen molar-refractivity contribution in [2.45, 2.75) is 51.5 Å². The molecule has 9 heteroatoms. The molecule has 0 aliphatic carbocycles. The van der Waals surface area contributed by atoms with Gasteiger partial charge in [0.05, 0.1) is 6.10 Å². The summed E-state index contributed by atoms with van der Waals surface area (Å²) in [6.07, 6.45) is 2.57. The van der Waals surface area contributed by atoms with Crippen molar-refractivity contribution in [3.05, 3.63) is 22.7 Å². The molecule has 1 aliphatic heterocycles. The van der Waals surface area contributed by atoms with Crippen LogP contribution in [-0.2, 0) is 14.3 Å². The number of carbonyl (C=O) groups is 1. The average molecular weight is 340 g/mol. The van der Waals surface area contributed by atoms with Gasteiger partial charge < -0.3 is 15.2 Å². The van der Waals surface area contributed by atoms with Gasteiger partial charge in [-0.3, -0.25) is 20.0 Å². The SMILES string of the molecule is CC(C)CC(N)C(=O)OCC1CCC(n2ccc(NO)nc2=O)O1. The normalized spacial score (nSPS) is 21.7. The number of anilines is 1. The fraction of sp³-hybridized carbons (Fsp3) is 0.667. The fourth-order valence-electron chi connectivity index (χ4n) is 2.59. The molecule has 2 heterocycles. The third-order valence-corrected chi connectivity index (χ3v) is 3.78. The average Bonchev–Trinajstić information content (AvgIpc) is 3.00. The Kier molecular flexibility index (Phi) is 6.29. The van der Waals surface area contributed by atoms with Gasteiger partial charge in [0.2, 0.25) is 0 Å². The van der Waals surface area contributed by atoms with E-state index in [0.29, 0.717) is 25.2 Å². The summed E-state index contributed by atoms with van der Waals surface area (Å²) >= 11 is 0. The fourth-order valence-corrected chi connectivity index (χ4v) is 2.59. The van der Waals surface area contributed by atoms with Gasteiger partial charge in [0, 0.05) is 6.20 Å². The highest BCUT2D eigenvalue weighted by Gasteiger charge is 2.29. The van der Waals surface area contributed by atoms with Crippen LogP contribution in [0, 0.1) is 5.92 Å². The number of hydrogen-bond donors (Lipinski definition) is 3. The van der Waals surface area contributed by atoms with E-state index in [0.717, 1.165) is 0 Å². The molecule has 24 heavy (non-hydrogen) atoms. The molecule has 0 aromatic carbocycles. The van der Waals surface area contributed by atoms with Crippen LogP contribution < -0.4 is 16.9 Å². The van der Waals surface area contributed by atoms with Crippen LogP contribution in [0.4, 0.5) is 5.82 Å². The highest BCUT2D eigenvalue weighted by atomic mass is 16.6. The van der Waals surface area contributed by atoms with Crippen molar-refractivity contribution in [2.24, 2.45) is 11.7 Å². The number of carbonyl (C=O) groups excluding carboxylic acids is 1. The Morgan fingerprint density at radius 1 is 1.58 bits per heavy atom. The first-order valence-corrected chi connectivity index (χ1v) is 7.97. The molecule has 1 aromatic heterocycles. The Balaban J connectivity index is 1.85. The van der Waals surface area contributed by atoms with E-state index in [1.54, 1.807) is 0 Å². The lowest BCUT2D eigenvalue weighted by molar-refractivity contribution is -0.150. The first kappa shape index (κ1) is 18.4. The summed E-state index contributed by atoms with van der Waals surface area (Å²) in [6.45, 7) is 4.09. The standard InChI is InChI=1S/C15H24N4O5/c1-9(2)7-11(16)14(20)23-8-10-3-4-13(24-10)19-6-5-12(18-22)17-15(19)21/h5-6,9-11,13,22H,3-4,7-8,16H2,1-2H3,(H,17,18,21). The van der Waals surface area contributed by atoms with E-state index in [2.05, 4.69) is 4.98 Å². The molecule has 0 amide bonds. The van der Waals surface area contributed by atoms with Crippen LogP contribution in [0.25, 0.3) is 0 Å². The Hall–Kier alpha value is -1.97. The number of esters is 1. The van der Waals surface area contributed by atoms with Crippen LogP contribution in [-0.4, -0.2) is 39.5 Å². The summed E-state index contributed by atoms with van der Waals surface area (Å²) in [6, 6.07) is 0.829. The van der Waals surface area contributed by atoms with Crippen LogP contribution in [0.3, 0.4) is 0 Å². The van der Waals surface area contributed by atoms with Gasteiger partial charge in [-0.05, 0) is 31.2 Å². The van der Waals surface area contributed by atoms with Gasteiger partial charge in [-0.2, -0.15) is 4.98 Å². The van der Waals surface area contributed by atoms with E-state index < -0.39 is 23.9 Å².